The monoisotopic (exact) mass is 386 g/mol. The van der Waals surface area contributed by atoms with Crippen molar-refractivity contribution in [3.05, 3.63) is 35.7 Å². The van der Waals surface area contributed by atoms with Gasteiger partial charge >= 0.3 is 6.18 Å². The van der Waals surface area contributed by atoms with Gasteiger partial charge < -0.3 is 5.32 Å². The highest BCUT2D eigenvalue weighted by Gasteiger charge is 2.47. The maximum Gasteiger partial charge on any atom is 0.409 e. The summed E-state index contributed by atoms with van der Waals surface area (Å²) >= 11 is 1.85. The van der Waals surface area contributed by atoms with Crippen molar-refractivity contribution in [1.29, 1.82) is 0 Å². The maximum absolute atomic E-state index is 13.3. The molecule has 1 heterocycles. The van der Waals surface area contributed by atoms with Crippen molar-refractivity contribution >= 4 is 34.1 Å². The number of nitrogens with one attached hydrogen (secondary N) is 1. The van der Waals surface area contributed by atoms with E-state index >= 15 is 0 Å². The van der Waals surface area contributed by atoms with Crippen LogP contribution in [0.4, 0.5) is 18.3 Å². The molecule has 1 aromatic carbocycles. The number of thiazole rings is 1. The number of alkyl halides is 3. The standard InChI is InChI=1S/C17H17F3N2OS2/c18-17(19,20)14(25-12-8-4-5-9-12)15(23)22-16-21-13(10-24-16)11-6-2-1-3-7-11/h1-3,6-7,10,12,14H,4-5,8-9H2,(H,21,22,23). The number of carbonyl (C=O) groups excluding carboxylic acids is 1. The van der Waals surface area contributed by atoms with Gasteiger partial charge in [0, 0.05) is 16.2 Å². The van der Waals surface area contributed by atoms with Crippen molar-refractivity contribution in [3.63, 3.8) is 0 Å². The number of rotatable bonds is 5. The summed E-state index contributed by atoms with van der Waals surface area (Å²) in [5.74, 6) is -1.04. The minimum absolute atomic E-state index is 0.103. The average molecular weight is 386 g/mol. The number of amides is 1. The molecule has 0 aliphatic heterocycles. The molecule has 1 fully saturated rings. The zero-order valence-corrected chi connectivity index (χ0v) is 14.9. The number of hydrogen-bond acceptors (Lipinski definition) is 4. The van der Waals surface area contributed by atoms with E-state index in [1.165, 1.54) is 0 Å². The van der Waals surface area contributed by atoms with E-state index in [4.69, 9.17) is 0 Å². The number of aromatic nitrogens is 1. The molecule has 25 heavy (non-hydrogen) atoms. The van der Waals surface area contributed by atoms with Gasteiger partial charge in [0.2, 0.25) is 5.91 Å². The van der Waals surface area contributed by atoms with E-state index in [1.807, 2.05) is 30.3 Å². The second-order valence-electron chi connectivity index (χ2n) is 5.86. The number of benzene rings is 1. The molecule has 1 N–H and O–H groups in total. The molecule has 1 unspecified atom stereocenters. The summed E-state index contributed by atoms with van der Waals surface area (Å²) in [6, 6.07) is 9.28. The molecule has 0 bridgehead atoms. The highest BCUT2D eigenvalue weighted by atomic mass is 32.2. The average Bonchev–Trinajstić information content (AvgIpc) is 3.24. The first-order chi connectivity index (χ1) is 11.9. The molecule has 1 amide bonds. The van der Waals surface area contributed by atoms with Crippen LogP contribution in [0.25, 0.3) is 11.3 Å². The molecule has 0 spiro atoms. The Morgan fingerprint density at radius 3 is 2.56 bits per heavy atom. The molecule has 3 nitrogen and oxygen atoms in total. The molecular weight excluding hydrogens is 369 g/mol. The number of halogens is 3. The van der Waals surface area contributed by atoms with Crippen LogP contribution in [0.5, 0.6) is 0 Å². The van der Waals surface area contributed by atoms with Crippen molar-refractivity contribution in [2.24, 2.45) is 0 Å². The summed E-state index contributed by atoms with van der Waals surface area (Å²) < 4.78 is 39.9. The normalized spacial score (nSPS) is 16.8. The summed E-state index contributed by atoms with van der Waals surface area (Å²) in [7, 11) is 0. The first kappa shape index (κ1) is 18.3. The van der Waals surface area contributed by atoms with Crippen LogP contribution in [0.3, 0.4) is 0 Å². The first-order valence-electron chi connectivity index (χ1n) is 7.97. The van der Waals surface area contributed by atoms with Crippen LogP contribution in [0.2, 0.25) is 0 Å². The third-order valence-electron chi connectivity index (χ3n) is 3.97. The fraction of sp³-hybridized carbons (Fsp3) is 0.412. The fourth-order valence-electron chi connectivity index (χ4n) is 2.75. The van der Waals surface area contributed by atoms with E-state index in [1.54, 1.807) is 5.38 Å². The van der Waals surface area contributed by atoms with Crippen molar-refractivity contribution in [3.8, 4) is 11.3 Å². The molecule has 1 atom stereocenters. The second-order valence-corrected chi connectivity index (χ2v) is 8.13. The van der Waals surface area contributed by atoms with Gasteiger partial charge in [-0.3, -0.25) is 4.79 Å². The largest absolute Gasteiger partial charge is 0.409 e. The zero-order chi connectivity index (χ0) is 17.9. The summed E-state index contributed by atoms with van der Waals surface area (Å²) in [5, 5.41) is 2.09. The van der Waals surface area contributed by atoms with Crippen LogP contribution in [0.15, 0.2) is 35.7 Å². The molecule has 3 rings (SSSR count). The lowest BCUT2D eigenvalue weighted by atomic mass is 10.2. The Bertz CT molecular complexity index is 712. The summed E-state index contributed by atoms with van der Waals surface area (Å²) in [6.45, 7) is 0. The number of hydrogen-bond donors (Lipinski definition) is 1. The molecule has 0 saturated heterocycles. The van der Waals surface area contributed by atoms with E-state index in [0.717, 1.165) is 54.3 Å². The van der Waals surface area contributed by atoms with E-state index < -0.39 is 17.3 Å². The Balaban J connectivity index is 1.69. The van der Waals surface area contributed by atoms with E-state index in [-0.39, 0.29) is 10.4 Å². The van der Waals surface area contributed by atoms with Crippen molar-refractivity contribution in [2.45, 2.75) is 42.4 Å². The van der Waals surface area contributed by atoms with Gasteiger partial charge in [-0.05, 0) is 12.8 Å². The van der Waals surface area contributed by atoms with Crippen LogP contribution in [0, 0.1) is 0 Å². The smallest absolute Gasteiger partial charge is 0.301 e. The summed E-state index contributed by atoms with van der Waals surface area (Å²) in [4.78, 5) is 16.4. The lowest BCUT2D eigenvalue weighted by Gasteiger charge is -2.21. The van der Waals surface area contributed by atoms with Gasteiger partial charge in [0.25, 0.3) is 0 Å². The van der Waals surface area contributed by atoms with Gasteiger partial charge in [-0.25, -0.2) is 4.98 Å². The highest BCUT2D eigenvalue weighted by Crippen LogP contribution is 2.39. The van der Waals surface area contributed by atoms with Crippen LogP contribution < -0.4 is 5.32 Å². The maximum atomic E-state index is 13.3. The topological polar surface area (TPSA) is 42.0 Å². The number of nitrogens with zero attached hydrogens (tertiary/aromatic N) is 1. The predicted octanol–water partition coefficient (Wildman–Crippen LogP) is 5.36. The van der Waals surface area contributed by atoms with Crippen molar-refractivity contribution < 1.29 is 18.0 Å². The molecule has 134 valence electrons. The fourth-order valence-corrected chi connectivity index (χ4v) is 4.80. The number of carbonyl (C=O) groups is 1. The molecule has 1 aliphatic rings. The van der Waals surface area contributed by atoms with Gasteiger partial charge in [0.15, 0.2) is 10.4 Å². The van der Waals surface area contributed by atoms with Crippen LogP contribution >= 0.6 is 23.1 Å². The Labute approximate surface area is 152 Å². The first-order valence-corrected chi connectivity index (χ1v) is 9.80. The third-order valence-corrected chi connectivity index (χ3v) is 6.34. The minimum atomic E-state index is -4.57. The predicted molar refractivity (Wildman–Crippen MR) is 95.9 cm³/mol. The minimum Gasteiger partial charge on any atom is -0.301 e. The van der Waals surface area contributed by atoms with E-state index in [0.29, 0.717) is 5.69 Å². The molecule has 8 heteroatoms. The van der Waals surface area contributed by atoms with Gasteiger partial charge in [-0.1, -0.05) is 43.2 Å². The molecule has 1 aliphatic carbocycles. The van der Waals surface area contributed by atoms with Crippen molar-refractivity contribution in [1.82, 2.24) is 4.98 Å². The number of anilines is 1. The molecule has 2 aromatic rings. The number of thioether (sulfide) groups is 1. The third kappa shape index (κ3) is 4.76. The molecular formula is C17H17F3N2OS2. The second kappa shape index (κ2) is 7.78. The summed E-state index contributed by atoms with van der Waals surface area (Å²) in [6.07, 6.45) is -1.25. The highest BCUT2D eigenvalue weighted by molar-refractivity contribution is 8.01. The quantitative estimate of drug-likeness (QED) is 0.753. The lowest BCUT2D eigenvalue weighted by Crippen LogP contribution is -2.39. The Morgan fingerprint density at radius 1 is 1.24 bits per heavy atom. The van der Waals surface area contributed by atoms with Crippen LogP contribution in [-0.2, 0) is 4.79 Å². The van der Waals surface area contributed by atoms with E-state index in [9.17, 15) is 18.0 Å². The lowest BCUT2D eigenvalue weighted by molar-refractivity contribution is -0.146. The SMILES string of the molecule is O=C(Nc1nc(-c2ccccc2)cs1)C(SC1CCCC1)C(F)(F)F. The Kier molecular flexibility index (Phi) is 5.68. The van der Waals surface area contributed by atoms with Crippen molar-refractivity contribution in [2.75, 3.05) is 5.32 Å². The van der Waals surface area contributed by atoms with Crippen LogP contribution in [0.1, 0.15) is 25.7 Å². The Morgan fingerprint density at radius 2 is 1.92 bits per heavy atom. The molecule has 1 aromatic heterocycles. The van der Waals surface area contributed by atoms with Gasteiger partial charge in [-0.15, -0.1) is 23.1 Å². The van der Waals surface area contributed by atoms with Gasteiger partial charge in [0.05, 0.1) is 5.69 Å². The van der Waals surface area contributed by atoms with Gasteiger partial charge in [-0.2, -0.15) is 13.2 Å². The Hall–Kier alpha value is -1.54. The summed E-state index contributed by atoms with van der Waals surface area (Å²) in [5.41, 5.74) is 1.49. The molecule has 0 radical (unpaired) electrons. The molecule has 1 saturated carbocycles. The van der Waals surface area contributed by atoms with E-state index in [2.05, 4.69) is 10.3 Å². The van der Waals surface area contributed by atoms with Gasteiger partial charge in [0.1, 0.15) is 0 Å². The van der Waals surface area contributed by atoms with Crippen LogP contribution in [-0.4, -0.2) is 27.6 Å². The zero-order valence-electron chi connectivity index (χ0n) is 13.3.